The van der Waals surface area contributed by atoms with Crippen molar-refractivity contribution in [2.45, 2.75) is 0 Å². The number of hydrogen-bond donors (Lipinski definition) is 1. The van der Waals surface area contributed by atoms with Gasteiger partial charge >= 0.3 is 5.97 Å². The third-order valence-corrected chi connectivity index (χ3v) is 2.98. The number of carbonyl (C=O) groups is 1. The smallest absolute Gasteiger partial charge is 0.335 e. The molecule has 2 aromatic heterocycles. The van der Waals surface area contributed by atoms with Crippen molar-refractivity contribution >= 4 is 5.97 Å². The summed E-state index contributed by atoms with van der Waals surface area (Å²) < 4.78 is 1.71. The summed E-state index contributed by atoms with van der Waals surface area (Å²) in [6.07, 6.45) is 7.12. The number of aromatic carboxylic acids is 1. The van der Waals surface area contributed by atoms with Crippen LogP contribution in [0.15, 0.2) is 61.2 Å². The van der Waals surface area contributed by atoms with Gasteiger partial charge in [0, 0.05) is 24.2 Å². The maximum atomic E-state index is 10.8. The summed E-state index contributed by atoms with van der Waals surface area (Å²) in [6, 6.07) is 10.4. The van der Waals surface area contributed by atoms with Crippen LogP contribution in [-0.4, -0.2) is 25.8 Å². The second-order valence-corrected chi connectivity index (χ2v) is 4.26. The molecule has 20 heavy (non-hydrogen) atoms. The van der Waals surface area contributed by atoms with Gasteiger partial charge in [0.2, 0.25) is 0 Å². The molecule has 0 amide bonds. The highest BCUT2D eigenvalue weighted by Crippen LogP contribution is 2.19. The van der Waals surface area contributed by atoms with Gasteiger partial charge in [-0.25, -0.2) is 9.48 Å². The summed E-state index contributed by atoms with van der Waals surface area (Å²) in [5.41, 5.74) is 3.09. The molecule has 0 fully saturated rings. The number of hydrogen-bond acceptors (Lipinski definition) is 3. The van der Waals surface area contributed by atoms with Crippen LogP contribution in [-0.2, 0) is 0 Å². The predicted molar refractivity (Wildman–Crippen MR) is 73.8 cm³/mol. The van der Waals surface area contributed by atoms with Crippen molar-refractivity contribution in [1.29, 1.82) is 0 Å². The molecular weight excluding hydrogens is 254 g/mol. The fourth-order valence-corrected chi connectivity index (χ4v) is 1.91. The van der Waals surface area contributed by atoms with Gasteiger partial charge in [0.15, 0.2) is 0 Å². The number of carboxylic acid groups (broad SMARTS) is 1. The van der Waals surface area contributed by atoms with Gasteiger partial charge < -0.3 is 5.11 Å². The van der Waals surface area contributed by atoms with Crippen LogP contribution in [0.2, 0.25) is 0 Å². The van der Waals surface area contributed by atoms with E-state index in [1.54, 1.807) is 47.5 Å². The van der Waals surface area contributed by atoms with Crippen LogP contribution in [0, 0.1) is 0 Å². The number of benzene rings is 1. The molecule has 1 aromatic carbocycles. The highest BCUT2D eigenvalue weighted by molar-refractivity contribution is 5.87. The van der Waals surface area contributed by atoms with Crippen LogP contribution in [0.25, 0.3) is 16.8 Å². The van der Waals surface area contributed by atoms with Gasteiger partial charge in [0.25, 0.3) is 0 Å². The number of rotatable bonds is 3. The molecule has 1 N–H and O–H groups in total. The van der Waals surface area contributed by atoms with Gasteiger partial charge in [-0.15, -0.1) is 0 Å². The fraction of sp³-hybridized carbons (Fsp3) is 0. The maximum Gasteiger partial charge on any atom is 0.335 e. The molecule has 0 bridgehead atoms. The van der Waals surface area contributed by atoms with E-state index >= 15 is 0 Å². The summed E-state index contributed by atoms with van der Waals surface area (Å²) in [5.74, 6) is -0.936. The Morgan fingerprint density at radius 3 is 2.35 bits per heavy atom. The molecule has 2 heterocycles. The summed E-state index contributed by atoms with van der Waals surface area (Å²) in [5, 5.41) is 13.2. The third kappa shape index (κ3) is 2.29. The first-order valence-corrected chi connectivity index (χ1v) is 6.03. The van der Waals surface area contributed by atoms with E-state index in [0.29, 0.717) is 0 Å². The lowest BCUT2D eigenvalue weighted by molar-refractivity contribution is 0.0697. The second-order valence-electron chi connectivity index (χ2n) is 4.26. The second kappa shape index (κ2) is 4.97. The predicted octanol–water partition coefficient (Wildman–Crippen LogP) is 2.63. The molecule has 0 aliphatic rings. The molecule has 5 nitrogen and oxygen atoms in total. The van der Waals surface area contributed by atoms with Gasteiger partial charge in [-0.05, 0) is 42.0 Å². The Kier molecular flexibility index (Phi) is 3.01. The number of nitrogens with zero attached hydrogens (tertiary/aromatic N) is 3. The van der Waals surface area contributed by atoms with Crippen molar-refractivity contribution in [3.8, 4) is 16.8 Å². The summed E-state index contributed by atoms with van der Waals surface area (Å²) in [4.78, 5) is 14.8. The summed E-state index contributed by atoms with van der Waals surface area (Å²) in [7, 11) is 0. The molecular formula is C15H11N3O2. The Bertz CT molecular complexity index is 733. The molecule has 3 rings (SSSR count). The molecule has 0 aliphatic carbocycles. The average molecular weight is 265 g/mol. The van der Waals surface area contributed by atoms with Crippen molar-refractivity contribution in [3.63, 3.8) is 0 Å². The normalized spacial score (nSPS) is 10.4. The molecule has 0 radical (unpaired) electrons. The van der Waals surface area contributed by atoms with Crippen molar-refractivity contribution in [2.75, 3.05) is 0 Å². The Labute approximate surface area is 115 Å². The lowest BCUT2D eigenvalue weighted by Gasteiger charge is -2.01. The lowest BCUT2D eigenvalue weighted by atomic mass is 10.1. The minimum atomic E-state index is -0.936. The standard InChI is InChI=1S/C15H11N3O2/c19-15(20)12-1-3-14(4-2-12)18-10-13(9-17-18)11-5-7-16-8-6-11/h1-10H,(H,19,20). The topological polar surface area (TPSA) is 68.0 Å². The molecule has 0 spiro atoms. The summed E-state index contributed by atoms with van der Waals surface area (Å²) >= 11 is 0. The minimum Gasteiger partial charge on any atom is -0.478 e. The van der Waals surface area contributed by atoms with Crippen LogP contribution in [0.1, 0.15) is 10.4 Å². The first kappa shape index (κ1) is 12.1. The molecule has 0 unspecified atom stereocenters. The van der Waals surface area contributed by atoms with Crippen LogP contribution < -0.4 is 0 Å². The third-order valence-electron chi connectivity index (χ3n) is 2.98. The number of pyridine rings is 1. The monoisotopic (exact) mass is 265 g/mol. The average Bonchev–Trinajstić information content (AvgIpc) is 2.98. The minimum absolute atomic E-state index is 0.260. The van der Waals surface area contributed by atoms with Crippen LogP contribution >= 0.6 is 0 Å². The van der Waals surface area contributed by atoms with Crippen molar-refractivity contribution in [1.82, 2.24) is 14.8 Å². The van der Waals surface area contributed by atoms with Gasteiger partial charge in [0.1, 0.15) is 0 Å². The Morgan fingerprint density at radius 2 is 1.70 bits per heavy atom. The van der Waals surface area contributed by atoms with Gasteiger partial charge in [-0.2, -0.15) is 5.10 Å². The molecule has 3 aromatic rings. The van der Waals surface area contributed by atoms with Gasteiger partial charge in [-0.1, -0.05) is 0 Å². The van der Waals surface area contributed by atoms with Crippen molar-refractivity contribution in [2.24, 2.45) is 0 Å². The highest BCUT2D eigenvalue weighted by Gasteiger charge is 2.05. The Hall–Kier alpha value is -2.95. The molecule has 0 saturated heterocycles. The highest BCUT2D eigenvalue weighted by atomic mass is 16.4. The SMILES string of the molecule is O=C(O)c1ccc(-n2cc(-c3ccncc3)cn2)cc1. The van der Waals surface area contributed by atoms with E-state index in [1.807, 2.05) is 18.3 Å². The van der Waals surface area contributed by atoms with Crippen LogP contribution in [0.3, 0.4) is 0 Å². The Balaban J connectivity index is 1.92. The van der Waals surface area contributed by atoms with Crippen LogP contribution in [0.5, 0.6) is 0 Å². The number of aromatic nitrogens is 3. The Morgan fingerprint density at radius 1 is 1.00 bits per heavy atom. The molecule has 0 saturated carbocycles. The largest absolute Gasteiger partial charge is 0.478 e. The quantitative estimate of drug-likeness (QED) is 0.790. The summed E-state index contributed by atoms with van der Waals surface area (Å²) in [6.45, 7) is 0. The van der Waals surface area contributed by atoms with E-state index < -0.39 is 5.97 Å². The fourth-order valence-electron chi connectivity index (χ4n) is 1.91. The van der Waals surface area contributed by atoms with Gasteiger partial charge in [0.05, 0.1) is 17.4 Å². The van der Waals surface area contributed by atoms with E-state index in [0.717, 1.165) is 16.8 Å². The number of carboxylic acids is 1. The molecule has 5 heteroatoms. The zero-order chi connectivity index (χ0) is 13.9. The lowest BCUT2D eigenvalue weighted by Crippen LogP contribution is -1.98. The van der Waals surface area contributed by atoms with Crippen molar-refractivity contribution < 1.29 is 9.90 Å². The van der Waals surface area contributed by atoms with Crippen molar-refractivity contribution in [3.05, 3.63) is 66.7 Å². The first-order chi connectivity index (χ1) is 9.74. The van der Waals surface area contributed by atoms with Crippen LogP contribution in [0.4, 0.5) is 0 Å². The first-order valence-electron chi connectivity index (χ1n) is 6.03. The van der Waals surface area contributed by atoms with E-state index in [2.05, 4.69) is 10.1 Å². The van der Waals surface area contributed by atoms with Gasteiger partial charge in [-0.3, -0.25) is 4.98 Å². The molecule has 0 atom stereocenters. The molecule has 98 valence electrons. The van der Waals surface area contributed by atoms with E-state index in [1.165, 1.54) is 0 Å². The van der Waals surface area contributed by atoms with E-state index in [4.69, 9.17) is 5.11 Å². The molecule has 0 aliphatic heterocycles. The van der Waals surface area contributed by atoms with E-state index in [-0.39, 0.29) is 5.56 Å². The van der Waals surface area contributed by atoms with E-state index in [9.17, 15) is 4.79 Å². The zero-order valence-corrected chi connectivity index (χ0v) is 10.5. The maximum absolute atomic E-state index is 10.8. The zero-order valence-electron chi connectivity index (χ0n) is 10.5.